The minimum absolute atomic E-state index is 0.408. The highest BCUT2D eigenvalue weighted by Gasteiger charge is 2.07. The molecule has 0 aliphatic carbocycles. The van der Waals surface area contributed by atoms with Crippen LogP contribution in [-0.2, 0) is 7.05 Å². The number of imidazole rings is 1. The van der Waals surface area contributed by atoms with Crippen LogP contribution in [0.3, 0.4) is 0 Å². The fourth-order valence-corrected chi connectivity index (χ4v) is 2.19. The predicted molar refractivity (Wildman–Crippen MR) is 62.1 cm³/mol. The van der Waals surface area contributed by atoms with E-state index in [1.54, 1.807) is 0 Å². The minimum Gasteiger partial charge on any atom is -0.322 e. The Balaban J connectivity index is 2.50. The Kier molecular flexibility index (Phi) is 2.85. The number of nitriles is 1. The lowest BCUT2D eigenvalue weighted by Gasteiger charge is -1.97. The summed E-state index contributed by atoms with van der Waals surface area (Å²) < 4.78 is 1.97. The zero-order chi connectivity index (χ0) is 10.8. The van der Waals surface area contributed by atoms with Crippen molar-refractivity contribution in [3.8, 4) is 6.07 Å². The molecule has 15 heavy (non-hydrogen) atoms. The fraction of sp³-hybridized carbons (Fsp3) is 0.200. The summed E-state index contributed by atoms with van der Waals surface area (Å²) in [6, 6.07) is 7.68. The number of halogens is 1. The number of fused-ring (bicyclic) bond motifs is 1. The van der Waals surface area contributed by atoms with Gasteiger partial charge in [0, 0.05) is 12.1 Å². The molecule has 0 radical (unpaired) electrons. The highest BCUT2D eigenvalue weighted by atomic mass is 35.5. The molecule has 0 fully saturated rings. The smallest absolute Gasteiger partial charge is 0.169 e. The molecule has 0 saturated heterocycles. The van der Waals surface area contributed by atoms with E-state index in [-0.39, 0.29) is 0 Å². The Bertz CT molecular complexity index is 541. The van der Waals surface area contributed by atoms with Crippen molar-refractivity contribution < 1.29 is 0 Å². The van der Waals surface area contributed by atoms with Crippen LogP contribution >= 0.6 is 23.4 Å². The Morgan fingerprint density at radius 3 is 3.13 bits per heavy atom. The highest BCUT2D eigenvalue weighted by Crippen LogP contribution is 2.24. The molecule has 0 aliphatic heterocycles. The van der Waals surface area contributed by atoms with Gasteiger partial charge in [0.25, 0.3) is 0 Å². The molecule has 0 amide bonds. The van der Waals surface area contributed by atoms with Crippen LogP contribution in [0.5, 0.6) is 0 Å². The van der Waals surface area contributed by atoms with Crippen LogP contribution in [-0.4, -0.2) is 15.3 Å². The van der Waals surface area contributed by atoms with Gasteiger partial charge < -0.3 is 4.57 Å². The molecule has 0 bridgehead atoms. The molecule has 0 N–H and O–H groups in total. The fourth-order valence-electron chi connectivity index (χ4n) is 1.38. The van der Waals surface area contributed by atoms with Gasteiger partial charge in [0.15, 0.2) is 5.16 Å². The van der Waals surface area contributed by atoms with Crippen LogP contribution < -0.4 is 0 Å². The summed E-state index contributed by atoms with van der Waals surface area (Å²) in [5.41, 5.74) is 1.89. The number of hydrogen-bond donors (Lipinski definition) is 0. The predicted octanol–water partition coefficient (Wildman–Crippen LogP) is 2.84. The third-order valence-electron chi connectivity index (χ3n) is 2.07. The normalized spacial score (nSPS) is 10.5. The number of rotatable bonds is 2. The zero-order valence-corrected chi connectivity index (χ0v) is 9.64. The van der Waals surface area contributed by atoms with E-state index >= 15 is 0 Å². The molecule has 0 unspecified atom stereocenters. The largest absolute Gasteiger partial charge is 0.322 e. The van der Waals surface area contributed by atoms with Crippen molar-refractivity contribution in [1.29, 1.82) is 5.26 Å². The van der Waals surface area contributed by atoms with E-state index in [0.717, 1.165) is 16.2 Å². The van der Waals surface area contributed by atoms with Crippen LogP contribution in [0.15, 0.2) is 23.4 Å². The molecule has 0 saturated carbocycles. The maximum absolute atomic E-state index is 8.51. The second-order valence-corrected chi connectivity index (χ2v) is 4.41. The van der Waals surface area contributed by atoms with Crippen LogP contribution in [0.4, 0.5) is 0 Å². The van der Waals surface area contributed by atoms with Crippen LogP contribution in [0.1, 0.15) is 0 Å². The number of aryl methyl sites for hydroxylation is 1. The van der Waals surface area contributed by atoms with Crippen molar-refractivity contribution in [3.05, 3.63) is 23.2 Å². The lowest BCUT2D eigenvalue weighted by Crippen LogP contribution is -1.90. The molecule has 2 rings (SSSR count). The van der Waals surface area contributed by atoms with E-state index in [2.05, 4.69) is 11.1 Å². The molecule has 1 aromatic carbocycles. The summed E-state index contributed by atoms with van der Waals surface area (Å²) in [7, 11) is 1.93. The van der Waals surface area contributed by atoms with Gasteiger partial charge in [-0.25, -0.2) is 4.98 Å². The molecule has 0 aliphatic rings. The number of thioether (sulfide) groups is 1. The van der Waals surface area contributed by atoms with Crippen molar-refractivity contribution >= 4 is 34.4 Å². The minimum atomic E-state index is 0.408. The summed E-state index contributed by atoms with van der Waals surface area (Å²) in [5, 5.41) is 10.0. The Hall–Kier alpha value is -1.18. The number of hydrogen-bond acceptors (Lipinski definition) is 3. The highest BCUT2D eigenvalue weighted by molar-refractivity contribution is 7.99. The maximum Gasteiger partial charge on any atom is 0.169 e. The third-order valence-corrected chi connectivity index (χ3v) is 3.20. The van der Waals surface area contributed by atoms with E-state index in [1.165, 1.54) is 11.8 Å². The molecular formula is C10H8ClN3S. The Morgan fingerprint density at radius 2 is 2.40 bits per heavy atom. The lowest BCUT2D eigenvalue weighted by atomic mass is 10.3. The van der Waals surface area contributed by atoms with E-state index in [9.17, 15) is 0 Å². The zero-order valence-electron chi connectivity index (χ0n) is 8.07. The topological polar surface area (TPSA) is 41.6 Å². The van der Waals surface area contributed by atoms with E-state index in [4.69, 9.17) is 16.9 Å². The molecule has 1 heterocycles. The molecule has 1 aromatic heterocycles. The number of benzene rings is 1. The van der Waals surface area contributed by atoms with Crippen LogP contribution in [0, 0.1) is 11.3 Å². The van der Waals surface area contributed by atoms with Crippen molar-refractivity contribution in [2.24, 2.45) is 7.05 Å². The lowest BCUT2D eigenvalue weighted by molar-refractivity contribution is 0.816. The maximum atomic E-state index is 8.51. The molecule has 5 heteroatoms. The third kappa shape index (κ3) is 1.94. The van der Waals surface area contributed by atoms with Crippen molar-refractivity contribution in [3.63, 3.8) is 0 Å². The first kappa shape index (κ1) is 10.3. The molecular weight excluding hydrogens is 230 g/mol. The second-order valence-electron chi connectivity index (χ2n) is 3.03. The van der Waals surface area contributed by atoms with Gasteiger partial charge in [-0.2, -0.15) is 5.26 Å². The van der Waals surface area contributed by atoms with Gasteiger partial charge in [-0.15, -0.1) is 0 Å². The summed E-state index contributed by atoms with van der Waals surface area (Å²) in [6.45, 7) is 0. The summed E-state index contributed by atoms with van der Waals surface area (Å²) in [5.74, 6) is 0.408. The first-order chi connectivity index (χ1) is 7.22. The van der Waals surface area contributed by atoms with Gasteiger partial charge in [-0.3, -0.25) is 0 Å². The van der Waals surface area contributed by atoms with Gasteiger partial charge in [-0.1, -0.05) is 23.4 Å². The van der Waals surface area contributed by atoms with Crippen molar-refractivity contribution in [1.82, 2.24) is 9.55 Å². The van der Waals surface area contributed by atoms with Gasteiger partial charge in [0.1, 0.15) is 0 Å². The van der Waals surface area contributed by atoms with E-state index < -0.39 is 0 Å². The Labute approximate surface area is 96.7 Å². The van der Waals surface area contributed by atoms with Crippen molar-refractivity contribution in [2.75, 3.05) is 5.75 Å². The van der Waals surface area contributed by atoms with Gasteiger partial charge >= 0.3 is 0 Å². The van der Waals surface area contributed by atoms with E-state index in [0.29, 0.717) is 10.8 Å². The summed E-state index contributed by atoms with van der Waals surface area (Å²) in [4.78, 5) is 4.40. The van der Waals surface area contributed by atoms with Crippen LogP contribution in [0.25, 0.3) is 11.0 Å². The summed E-state index contributed by atoms with van der Waals surface area (Å²) in [6.07, 6.45) is 0. The quantitative estimate of drug-likeness (QED) is 0.755. The monoisotopic (exact) mass is 237 g/mol. The molecule has 3 nitrogen and oxygen atoms in total. The Morgan fingerprint density at radius 1 is 1.60 bits per heavy atom. The molecule has 0 atom stereocenters. The summed E-state index contributed by atoms with van der Waals surface area (Å²) >= 11 is 7.30. The van der Waals surface area contributed by atoms with Gasteiger partial charge in [0.2, 0.25) is 0 Å². The van der Waals surface area contributed by atoms with Crippen LogP contribution in [0.2, 0.25) is 5.02 Å². The first-order valence-corrected chi connectivity index (χ1v) is 5.70. The standard InChI is InChI=1S/C10H8ClN3S/c1-14-9-3-2-7(11)6-8(9)13-10(14)15-5-4-12/h2-3,6H,5H2,1H3. The number of nitrogens with zero attached hydrogens (tertiary/aromatic N) is 3. The first-order valence-electron chi connectivity index (χ1n) is 4.34. The number of aromatic nitrogens is 2. The second kappa shape index (κ2) is 4.13. The average molecular weight is 238 g/mol. The molecule has 2 aromatic rings. The van der Waals surface area contributed by atoms with E-state index in [1.807, 2.05) is 29.8 Å². The molecule has 76 valence electrons. The SMILES string of the molecule is Cn1c(SCC#N)nc2cc(Cl)ccc21. The van der Waals surface area contributed by atoms with Gasteiger partial charge in [0.05, 0.1) is 22.9 Å². The van der Waals surface area contributed by atoms with Crippen molar-refractivity contribution in [2.45, 2.75) is 5.16 Å². The average Bonchev–Trinajstić information content (AvgIpc) is 2.52. The molecule has 0 spiro atoms. The van der Waals surface area contributed by atoms with Gasteiger partial charge in [-0.05, 0) is 18.2 Å².